The van der Waals surface area contributed by atoms with Crippen LogP contribution >= 0.6 is 11.8 Å². The summed E-state index contributed by atoms with van der Waals surface area (Å²) in [5.41, 5.74) is -4.33. The van der Waals surface area contributed by atoms with Gasteiger partial charge in [0.15, 0.2) is 0 Å². The molecule has 108 valence electrons. The van der Waals surface area contributed by atoms with E-state index in [1.54, 1.807) is 13.8 Å². The van der Waals surface area contributed by atoms with Crippen molar-refractivity contribution >= 4 is 17.7 Å². The fourth-order valence-electron chi connectivity index (χ4n) is 1.73. The lowest BCUT2D eigenvalue weighted by Gasteiger charge is -2.14. The lowest BCUT2D eigenvalue weighted by atomic mass is 10.00. The predicted octanol–water partition coefficient (Wildman–Crippen LogP) is 3.91. The monoisotopic (exact) mass is 303 g/mol. The van der Waals surface area contributed by atoms with Gasteiger partial charge in [0.2, 0.25) is 0 Å². The third-order valence-electron chi connectivity index (χ3n) is 2.45. The third kappa shape index (κ3) is 3.90. The molecule has 0 aromatic heterocycles. The van der Waals surface area contributed by atoms with Crippen molar-refractivity contribution < 1.29 is 22.7 Å². The van der Waals surface area contributed by atoms with Gasteiger partial charge in [0.05, 0.1) is 17.7 Å². The van der Waals surface area contributed by atoms with E-state index in [0.29, 0.717) is 0 Å². The van der Waals surface area contributed by atoms with Crippen LogP contribution < -0.4 is 0 Å². The molecule has 0 spiro atoms. The van der Waals surface area contributed by atoms with E-state index < -0.39 is 11.5 Å². The SMILES string of the molecule is CCOC(=O)c1c(C#N)ccc(SC(F)(F)F)c1CC. The van der Waals surface area contributed by atoms with Crippen LogP contribution in [0, 0.1) is 11.3 Å². The number of ether oxygens (including phenoxy) is 1. The summed E-state index contributed by atoms with van der Waals surface area (Å²) in [7, 11) is 0. The van der Waals surface area contributed by atoms with Crippen molar-refractivity contribution in [3.05, 3.63) is 28.8 Å². The smallest absolute Gasteiger partial charge is 0.446 e. The number of alkyl halides is 3. The van der Waals surface area contributed by atoms with Crippen molar-refractivity contribution in [2.75, 3.05) is 6.61 Å². The maximum atomic E-state index is 12.5. The first kappa shape index (κ1) is 16.4. The molecule has 0 heterocycles. The zero-order valence-corrected chi connectivity index (χ0v) is 11.7. The van der Waals surface area contributed by atoms with E-state index in [9.17, 15) is 18.0 Å². The molecular weight excluding hydrogens is 291 g/mol. The molecule has 0 aliphatic rings. The number of carbonyl (C=O) groups excluding carboxylic acids is 1. The average Bonchev–Trinajstić information content (AvgIpc) is 2.36. The quantitative estimate of drug-likeness (QED) is 0.625. The van der Waals surface area contributed by atoms with Crippen molar-refractivity contribution in [2.24, 2.45) is 0 Å². The Hall–Kier alpha value is -1.68. The van der Waals surface area contributed by atoms with Crippen molar-refractivity contribution in [2.45, 2.75) is 30.7 Å². The van der Waals surface area contributed by atoms with Crippen LogP contribution in [-0.4, -0.2) is 18.1 Å². The molecule has 0 saturated carbocycles. The van der Waals surface area contributed by atoms with Gasteiger partial charge in [-0.05, 0) is 42.8 Å². The number of nitriles is 1. The fourth-order valence-corrected chi connectivity index (χ4v) is 2.48. The second-order valence-corrected chi connectivity index (χ2v) is 4.81. The van der Waals surface area contributed by atoms with E-state index in [2.05, 4.69) is 0 Å². The second-order valence-electron chi connectivity index (χ2n) is 3.70. The largest absolute Gasteiger partial charge is 0.462 e. The predicted molar refractivity (Wildman–Crippen MR) is 68.4 cm³/mol. The molecule has 0 saturated heterocycles. The molecule has 0 radical (unpaired) electrons. The maximum absolute atomic E-state index is 12.5. The lowest BCUT2D eigenvalue weighted by molar-refractivity contribution is -0.0328. The molecule has 1 aromatic rings. The van der Waals surface area contributed by atoms with Crippen LogP contribution in [-0.2, 0) is 11.2 Å². The van der Waals surface area contributed by atoms with Crippen molar-refractivity contribution in [3.63, 3.8) is 0 Å². The average molecular weight is 303 g/mol. The highest BCUT2D eigenvalue weighted by Gasteiger charge is 2.32. The van der Waals surface area contributed by atoms with Gasteiger partial charge in [-0.25, -0.2) is 4.79 Å². The van der Waals surface area contributed by atoms with Gasteiger partial charge in [0.1, 0.15) is 6.07 Å². The summed E-state index contributed by atoms with van der Waals surface area (Å²) in [5, 5.41) is 8.99. The molecule has 0 fully saturated rings. The number of esters is 1. The van der Waals surface area contributed by atoms with E-state index in [4.69, 9.17) is 10.00 Å². The molecule has 0 aliphatic heterocycles. The van der Waals surface area contributed by atoms with Gasteiger partial charge in [0.25, 0.3) is 0 Å². The van der Waals surface area contributed by atoms with Crippen LogP contribution in [0.15, 0.2) is 17.0 Å². The number of nitrogens with zero attached hydrogens (tertiary/aromatic N) is 1. The van der Waals surface area contributed by atoms with E-state index >= 15 is 0 Å². The molecule has 0 amide bonds. The molecule has 0 atom stereocenters. The van der Waals surface area contributed by atoms with Gasteiger partial charge in [-0.2, -0.15) is 18.4 Å². The number of carbonyl (C=O) groups is 1. The molecule has 0 bridgehead atoms. The first-order valence-corrected chi connectivity index (χ1v) is 6.64. The molecule has 0 N–H and O–H groups in total. The Labute approximate surface area is 118 Å². The maximum Gasteiger partial charge on any atom is 0.446 e. The number of thioether (sulfide) groups is 1. The third-order valence-corrected chi connectivity index (χ3v) is 3.28. The Kier molecular flexibility index (Phi) is 5.45. The molecule has 0 unspecified atom stereocenters. The molecule has 0 aliphatic carbocycles. The van der Waals surface area contributed by atoms with Crippen LogP contribution in [0.1, 0.15) is 35.3 Å². The van der Waals surface area contributed by atoms with E-state index in [-0.39, 0.29) is 46.4 Å². The number of benzene rings is 1. The number of halogens is 3. The normalized spacial score (nSPS) is 11.0. The van der Waals surface area contributed by atoms with Crippen molar-refractivity contribution in [1.29, 1.82) is 5.26 Å². The van der Waals surface area contributed by atoms with Crippen LogP contribution in [0.25, 0.3) is 0 Å². The minimum atomic E-state index is -4.45. The van der Waals surface area contributed by atoms with E-state index in [0.717, 1.165) is 0 Å². The zero-order chi connectivity index (χ0) is 15.3. The minimum absolute atomic E-state index is 0.0202. The van der Waals surface area contributed by atoms with Crippen LogP contribution in [0.4, 0.5) is 13.2 Å². The zero-order valence-electron chi connectivity index (χ0n) is 10.9. The first-order chi connectivity index (χ1) is 9.34. The van der Waals surface area contributed by atoms with Crippen LogP contribution in [0.3, 0.4) is 0 Å². The number of rotatable bonds is 4. The first-order valence-electron chi connectivity index (χ1n) is 5.82. The number of hydrogen-bond acceptors (Lipinski definition) is 4. The highest BCUT2D eigenvalue weighted by Crippen LogP contribution is 2.40. The fraction of sp³-hybridized carbons (Fsp3) is 0.385. The van der Waals surface area contributed by atoms with Gasteiger partial charge >= 0.3 is 11.5 Å². The van der Waals surface area contributed by atoms with Gasteiger partial charge in [-0.1, -0.05) is 6.92 Å². The Balaban J connectivity index is 3.41. The second kappa shape index (κ2) is 6.66. The summed E-state index contributed by atoms with van der Waals surface area (Å²) < 4.78 is 42.3. The van der Waals surface area contributed by atoms with Gasteiger partial charge in [-0.3, -0.25) is 0 Å². The molecule has 7 heteroatoms. The summed E-state index contributed by atoms with van der Waals surface area (Å²) in [6.45, 7) is 3.30. The highest BCUT2D eigenvalue weighted by molar-refractivity contribution is 8.00. The van der Waals surface area contributed by atoms with Crippen molar-refractivity contribution in [3.8, 4) is 6.07 Å². The van der Waals surface area contributed by atoms with Gasteiger partial charge in [0, 0.05) is 4.90 Å². The molecule has 20 heavy (non-hydrogen) atoms. The summed E-state index contributed by atoms with van der Waals surface area (Å²) in [5.74, 6) is -0.773. The molecule has 1 aromatic carbocycles. The van der Waals surface area contributed by atoms with E-state index in [1.165, 1.54) is 12.1 Å². The minimum Gasteiger partial charge on any atom is -0.462 e. The summed E-state index contributed by atoms with van der Waals surface area (Å²) in [4.78, 5) is 11.8. The topological polar surface area (TPSA) is 50.1 Å². The van der Waals surface area contributed by atoms with Crippen LogP contribution in [0.2, 0.25) is 0 Å². The highest BCUT2D eigenvalue weighted by atomic mass is 32.2. The molecular formula is C13H12F3NO2S. The van der Waals surface area contributed by atoms with E-state index in [1.807, 2.05) is 6.07 Å². The number of hydrogen-bond donors (Lipinski definition) is 0. The summed E-state index contributed by atoms with van der Waals surface area (Å²) in [6.07, 6.45) is 0.197. The molecule has 3 nitrogen and oxygen atoms in total. The Morgan fingerprint density at radius 2 is 2.05 bits per heavy atom. The summed E-state index contributed by atoms with van der Waals surface area (Å²) >= 11 is -0.296. The Bertz CT molecular complexity index is 550. The Morgan fingerprint density at radius 1 is 1.40 bits per heavy atom. The standard InChI is InChI=1S/C13H12F3NO2S/c1-3-9-10(20-13(14,15)16)6-5-8(7-17)11(9)12(18)19-4-2/h5-6H,3-4H2,1-2H3. The van der Waals surface area contributed by atoms with Gasteiger partial charge in [-0.15, -0.1) is 0 Å². The van der Waals surface area contributed by atoms with Crippen LogP contribution in [0.5, 0.6) is 0 Å². The summed E-state index contributed by atoms with van der Waals surface area (Å²) in [6, 6.07) is 4.22. The van der Waals surface area contributed by atoms with Crippen molar-refractivity contribution in [1.82, 2.24) is 0 Å². The van der Waals surface area contributed by atoms with Gasteiger partial charge < -0.3 is 4.74 Å². The Morgan fingerprint density at radius 3 is 2.50 bits per heavy atom. The molecule has 1 rings (SSSR count). The lowest BCUT2D eigenvalue weighted by Crippen LogP contribution is -2.12.